The van der Waals surface area contributed by atoms with Gasteiger partial charge in [0.25, 0.3) is 0 Å². The SMILES string of the molecule is CCCCCCCCCCCCCCCCCCCCC(=O)OC(COC(=O)CCCCCCCCCCCCCCCCCCC)COP(=O)(O)OCC(N)C(=O)O. The van der Waals surface area contributed by atoms with Crippen molar-refractivity contribution in [1.29, 1.82) is 0 Å². The van der Waals surface area contributed by atoms with Gasteiger partial charge in [-0.3, -0.25) is 23.4 Å². The summed E-state index contributed by atoms with van der Waals surface area (Å²) < 4.78 is 32.8. The monoisotopic (exact) mass is 862 g/mol. The van der Waals surface area contributed by atoms with Crippen LogP contribution in [-0.2, 0) is 37.5 Å². The van der Waals surface area contributed by atoms with Crippen molar-refractivity contribution in [2.75, 3.05) is 19.8 Å². The van der Waals surface area contributed by atoms with E-state index in [9.17, 15) is 23.8 Å². The molecule has 0 aromatic rings. The zero-order valence-electron chi connectivity index (χ0n) is 38.1. The number of aliphatic carboxylic acids is 1. The van der Waals surface area contributed by atoms with Crippen molar-refractivity contribution < 1.29 is 47.5 Å². The molecule has 0 aliphatic rings. The summed E-state index contributed by atoms with van der Waals surface area (Å²) in [5.41, 5.74) is 5.35. The second kappa shape index (κ2) is 43.1. The number of hydrogen-bond donors (Lipinski definition) is 3. The Morgan fingerprint density at radius 2 is 0.746 bits per heavy atom. The summed E-state index contributed by atoms with van der Waals surface area (Å²) in [5.74, 6) is -2.35. The molecule has 0 saturated carbocycles. The van der Waals surface area contributed by atoms with E-state index in [0.29, 0.717) is 12.8 Å². The number of unbranched alkanes of at least 4 members (excludes halogenated alkanes) is 33. The van der Waals surface area contributed by atoms with E-state index in [-0.39, 0.29) is 19.4 Å². The third-order valence-corrected chi connectivity index (χ3v) is 12.1. The largest absolute Gasteiger partial charge is 0.480 e. The number of carbonyl (C=O) groups excluding carboxylic acids is 2. The minimum absolute atomic E-state index is 0.170. The van der Waals surface area contributed by atoms with Crippen LogP contribution in [0, 0.1) is 0 Å². The number of rotatable bonds is 47. The van der Waals surface area contributed by atoms with E-state index in [2.05, 4.69) is 18.4 Å². The Bertz CT molecular complexity index is 1020. The molecule has 0 spiro atoms. The third kappa shape index (κ3) is 42.9. The highest BCUT2D eigenvalue weighted by Crippen LogP contribution is 2.43. The number of phosphoric ester groups is 1. The fourth-order valence-electron chi connectivity index (χ4n) is 7.24. The Kier molecular flexibility index (Phi) is 42.0. The highest BCUT2D eigenvalue weighted by Gasteiger charge is 2.28. The average molecular weight is 862 g/mol. The van der Waals surface area contributed by atoms with Gasteiger partial charge in [-0.2, -0.15) is 0 Å². The first-order valence-electron chi connectivity index (χ1n) is 24.6. The molecule has 0 aliphatic heterocycles. The maximum atomic E-state index is 12.7. The highest BCUT2D eigenvalue weighted by molar-refractivity contribution is 7.47. The fraction of sp³-hybridized carbons (Fsp3) is 0.936. The summed E-state index contributed by atoms with van der Waals surface area (Å²) in [4.78, 5) is 46.1. The van der Waals surface area contributed by atoms with E-state index in [1.807, 2.05) is 0 Å². The van der Waals surface area contributed by atoms with Gasteiger partial charge in [0.05, 0.1) is 13.2 Å². The molecular weight excluding hydrogens is 769 g/mol. The van der Waals surface area contributed by atoms with E-state index in [4.69, 9.17) is 24.8 Å². The van der Waals surface area contributed by atoms with E-state index in [0.717, 1.165) is 38.5 Å². The number of ether oxygens (including phenoxy) is 2. The molecule has 0 bridgehead atoms. The first kappa shape index (κ1) is 57.5. The van der Waals surface area contributed by atoms with Gasteiger partial charge >= 0.3 is 25.7 Å². The molecule has 3 atom stereocenters. The highest BCUT2D eigenvalue weighted by atomic mass is 31.2. The van der Waals surface area contributed by atoms with E-state index in [1.165, 1.54) is 173 Å². The average Bonchev–Trinajstić information content (AvgIpc) is 3.21. The number of carboxylic acids is 1. The molecule has 0 rings (SSSR count). The summed E-state index contributed by atoms with van der Waals surface area (Å²) in [6.45, 7) is 2.86. The van der Waals surface area contributed by atoms with Gasteiger partial charge < -0.3 is 25.2 Å². The lowest BCUT2D eigenvalue weighted by Crippen LogP contribution is -2.34. The zero-order chi connectivity index (χ0) is 43.5. The van der Waals surface area contributed by atoms with Crippen molar-refractivity contribution in [3.05, 3.63) is 0 Å². The Hall–Kier alpha value is -1.52. The van der Waals surface area contributed by atoms with Crippen molar-refractivity contribution in [3.63, 3.8) is 0 Å². The number of carbonyl (C=O) groups is 3. The minimum Gasteiger partial charge on any atom is -0.480 e. The van der Waals surface area contributed by atoms with Crippen molar-refractivity contribution in [2.45, 2.75) is 264 Å². The summed E-state index contributed by atoms with van der Waals surface area (Å²) >= 11 is 0. The molecule has 0 saturated heterocycles. The number of carboxylic acid groups (broad SMARTS) is 1. The van der Waals surface area contributed by atoms with Crippen LogP contribution in [0.15, 0.2) is 0 Å². The molecule has 3 unspecified atom stereocenters. The van der Waals surface area contributed by atoms with Crippen LogP contribution < -0.4 is 5.73 Å². The van der Waals surface area contributed by atoms with Gasteiger partial charge in [-0.25, -0.2) is 4.57 Å². The molecule has 0 heterocycles. The summed E-state index contributed by atoms with van der Waals surface area (Å²) in [6, 6.07) is -1.52. The lowest BCUT2D eigenvalue weighted by Gasteiger charge is -2.20. The number of esters is 2. The van der Waals surface area contributed by atoms with Crippen LogP contribution in [0.4, 0.5) is 0 Å². The smallest absolute Gasteiger partial charge is 0.472 e. The van der Waals surface area contributed by atoms with Gasteiger partial charge in [-0.15, -0.1) is 0 Å². The Labute approximate surface area is 361 Å². The molecule has 4 N–H and O–H groups in total. The summed E-state index contributed by atoms with van der Waals surface area (Å²) in [6.07, 6.45) is 43.0. The quantitative estimate of drug-likeness (QED) is 0.0302. The van der Waals surface area contributed by atoms with Crippen molar-refractivity contribution in [3.8, 4) is 0 Å². The second-order valence-corrected chi connectivity index (χ2v) is 18.4. The van der Waals surface area contributed by atoms with Crippen LogP contribution >= 0.6 is 7.82 Å². The fourth-order valence-corrected chi connectivity index (χ4v) is 8.02. The molecule has 0 aromatic carbocycles. The third-order valence-electron chi connectivity index (χ3n) is 11.1. The van der Waals surface area contributed by atoms with Gasteiger partial charge in [-0.1, -0.05) is 226 Å². The van der Waals surface area contributed by atoms with Crippen molar-refractivity contribution in [2.24, 2.45) is 5.73 Å². The van der Waals surface area contributed by atoms with Crippen LogP contribution in [-0.4, -0.2) is 59.9 Å². The standard InChI is InChI=1S/C47H92NO10P/c1-3-5-7-9-11-13-15-17-19-21-23-25-27-29-31-33-35-37-39-46(50)58-43(41-56-59(53,54)57-42-44(48)47(51)52)40-55-45(49)38-36-34-32-30-28-26-24-22-20-18-16-14-12-10-8-6-4-2/h43-44H,3-42,48H2,1-2H3,(H,51,52)(H,53,54). The summed E-state index contributed by atoms with van der Waals surface area (Å²) in [7, 11) is -4.71. The normalized spacial score (nSPS) is 13.6. The maximum Gasteiger partial charge on any atom is 0.472 e. The van der Waals surface area contributed by atoms with Crippen LogP contribution in [0.25, 0.3) is 0 Å². The first-order chi connectivity index (χ1) is 28.6. The van der Waals surface area contributed by atoms with E-state index < -0.39 is 51.1 Å². The zero-order valence-corrected chi connectivity index (χ0v) is 39.0. The molecule has 11 nitrogen and oxygen atoms in total. The van der Waals surface area contributed by atoms with Gasteiger partial charge in [0.15, 0.2) is 6.10 Å². The number of phosphoric acid groups is 1. The Balaban J connectivity index is 4.23. The predicted octanol–water partition coefficient (Wildman–Crippen LogP) is 13.5. The molecule has 0 radical (unpaired) electrons. The van der Waals surface area contributed by atoms with Crippen LogP contribution in [0.1, 0.15) is 251 Å². The van der Waals surface area contributed by atoms with E-state index >= 15 is 0 Å². The lowest BCUT2D eigenvalue weighted by atomic mass is 10.0. The van der Waals surface area contributed by atoms with Crippen molar-refractivity contribution >= 4 is 25.7 Å². The molecular formula is C47H92NO10P. The summed E-state index contributed by atoms with van der Waals surface area (Å²) in [5, 5.41) is 8.91. The molecule has 0 aliphatic carbocycles. The van der Waals surface area contributed by atoms with Crippen LogP contribution in [0.3, 0.4) is 0 Å². The van der Waals surface area contributed by atoms with Gasteiger partial charge in [0.2, 0.25) is 0 Å². The second-order valence-electron chi connectivity index (χ2n) is 17.0. The van der Waals surface area contributed by atoms with Crippen LogP contribution in [0.2, 0.25) is 0 Å². The van der Waals surface area contributed by atoms with Gasteiger partial charge in [0, 0.05) is 12.8 Å². The van der Waals surface area contributed by atoms with Gasteiger partial charge in [0.1, 0.15) is 12.6 Å². The molecule has 12 heteroatoms. The Morgan fingerprint density at radius 3 is 1.07 bits per heavy atom. The molecule has 0 amide bonds. The predicted molar refractivity (Wildman–Crippen MR) is 240 cm³/mol. The van der Waals surface area contributed by atoms with Crippen LogP contribution in [0.5, 0.6) is 0 Å². The lowest BCUT2D eigenvalue weighted by molar-refractivity contribution is -0.161. The Morgan fingerprint density at radius 1 is 0.458 bits per heavy atom. The topological polar surface area (TPSA) is 172 Å². The molecule has 59 heavy (non-hydrogen) atoms. The van der Waals surface area contributed by atoms with E-state index in [1.54, 1.807) is 0 Å². The first-order valence-corrected chi connectivity index (χ1v) is 26.1. The van der Waals surface area contributed by atoms with Crippen molar-refractivity contribution in [1.82, 2.24) is 0 Å². The number of nitrogens with two attached hydrogens (primary N) is 1. The number of hydrogen-bond acceptors (Lipinski definition) is 9. The molecule has 350 valence electrons. The maximum absolute atomic E-state index is 12.7. The molecule has 0 aromatic heterocycles. The molecule has 0 fully saturated rings. The van der Waals surface area contributed by atoms with Gasteiger partial charge in [-0.05, 0) is 12.8 Å². The minimum atomic E-state index is -4.71.